The van der Waals surface area contributed by atoms with Crippen molar-refractivity contribution in [1.82, 2.24) is 4.98 Å². The zero-order valence-corrected chi connectivity index (χ0v) is 10.7. The average Bonchev–Trinajstić information content (AvgIpc) is 2.27. The predicted molar refractivity (Wildman–Crippen MR) is 72.8 cm³/mol. The number of nitrogens with zero attached hydrogens (tertiary/aromatic N) is 1. The Morgan fingerprint density at radius 3 is 2.62 bits per heavy atom. The molecule has 0 unspecified atom stereocenters. The maximum absolute atomic E-state index is 5.34. The summed E-state index contributed by atoms with van der Waals surface area (Å²) in [5, 5.41) is 1.14. The van der Waals surface area contributed by atoms with Crippen molar-refractivity contribution in [2.24, 2.45) is 0 Å². The van der Waals surface area contributed by atoms with Crippen LogP contribution in [0.2, 0.25) is 0 Å². The molecule has 1 aromatic heterocycles. The zero-order valence-electron chi connectivity index (χ0n) is 9.87. The number of pyridine rings is 1. The molecular weight excluding hydrogens is 216 g/mol. The first kappa shape index (κ1) is 11.1. The van der Waals surface area contributed by atoms with E-state index >= 15 is 0 Å². The van der Waals surface area contributed by atoms with Crippen LogP contribution in [0, 0.1) is 4.51 Å². The van der Waals surface area contributed by atoms with Crippen LogP contribution in [0.3, 0.4) is 0 Å². The van der Waals surface area contributed by atoms with E-state index in [1.54, 1.807) is 0 Å². The molecule has 0 saturated carbocycles. The second-order valence-electron chi connectivity index (χ2n) is 4.08. The zero-order chi connectivity index (χ0) is 11.7. The van der Waals surface area contributed by atoms with E-state index in [2.05, 4.69) is 43.0 Å². The first-order valence-electron chi connectivity index (χ1n) is 5.45. The molecule has 0 spiro atoms. The van der Waals surface area contributed by atoms with Gasteiger partial charge in [-0.3, -0.25) is 0 Å². The number of hydrogen-bond acceptors (Lipinski definition) is 2. The molecule has 0 saturated heterocycles. The van der Waals surface area contributed by atoms with Crippen LogP contribution in [-0.2, 0) is 6.42 Å². The van der Waals surface area contributed by atoms with E-state index in [9.17, 15) is 0 Å². The Labute approximate surface area is 101 Å². The van der Waals surface area contributed by atoms with Gasteiger partial charge >= 0.3 is 0 Å². The van der Waals surface area contributed by atoms with Crippen LogP contribution in [0.4, 0.5) is 5.69 Å². The molecule has 0 aliphatic rings. The molecule has 0 atom stereocenters. The smallest absolute Gasteiger partial charge is 0.0521 e. The molecule has 1 aromatic carbocycles. The van der Waals surface area contributed by atoms with Gasteiger partial charge in [0.15, 0.2) is 0 Å². The lowest BCUT2D eigenvalue weighted by atomic mass is 10.0. The number of H-pyrrole nitrogens is 1. The number of hydrogen-bond donors (Lipinski definition) is 1. The van der Waals surface area contributed by atoms with Gasteiger partial charge in [-0.15, -0.1) is 0 Å². The summed E-state index contributed by atoms with van der Waals surface area (Å²) in [7, 11) is 4.13. The Kier molecular flexibility index (Phi) is 2.97. The quantitative estimate of drug-likeness (QED) is 0.799. The summed E-state index contributed by atoms with van der Waals surface area (Å²) in [4.78, 5) is 5.45. The van der Waals surface area contributed by atoms with Gasteiger partial charge in [-0.25, -0.2) is 0 Å². The fourth-order valence-electron chi connectivity index (χ4n) is 2.07. The molecule has 0 aliphatic heterocycles. The first-order chi connectivity index (χ1) is 7.65. The summed E-state index contributed by atoms with van der Waals surface area (Å²) >= 11 is 5.34. The molecule has 16 heavy (non-hydrogen) atoms. The van der Waals surface area contributed by atoms with E-state index < -0.39 is 0 Å². The molecular formula is C13H16N2S. The molecule has 1 N–H and O–H groups in total. The number of nitrogens with one attached hydrogen (secondary N) is 1. The van der Waals surface area contributed by atoms with Crippen LogP contribution < -0.4 is 4.90 Å². The monoisotopic (exact) mass is 232 g/mol. The highest BCUT2D eigenvalue weighted by molar-refractivity contribution is 7.71. The van der Waals surface area contributed by atoms with Crippen LogP contribution in [0.1, 0.15) is 12.5 Å². The van der Waals surface area contributed by atoms with Crippen LogP contribution in [0.5, 0.6) is 0 Å². The number of rotatable bonds is 2. The Morgan fingerprint density at radius 2 is 2.00 bits per heavy atom. The highest BCUT2D eigenvalue weighted by atomic mass is 32.1. The van der Waals surface area contributed by atoms with Gasteiger partial charge in [-0.1, -0.05) is 19.1 Å². The van der Waals surface area contributed by atoms with Gasteiger partial charge in [0.1, 0.15) is 0 Å². The Bertz CT molecular complexity index is 570. The fourth-order valence-corrected chi connectivity index (χ4v) is 2.31. The largest absolute Gasteiger partial charge is 0.377 e. The summed E-state index contributed by atoms with van der Waals surface area (Å²) in [6.45, 7) is 2.17. The van der Waals surface area contributed by atoms with E-state index in [0.29, 0.717) is 0 Å². The lowest BCUT2D eigenvalue weighted by Crippen LogP contribution is -2.11. The summed E-state index contributed by atoms with van der Waals surface area (Å²) in [5.41, 5.74) is 3.75. The molecule has 1 heterocycles. The summed E-state index contributed by atoms with van der Waals surface area (Å²) < 4.78 is 0.911. The molecule has 0 radical (unpaired) electrons. The molecule has 84 valence electrons. The van der Waals surface area contributed by atoms with Crippen LogP contribution in [-0.4, -0.2) is 19.1 Å². The van der Waals surface area contributed by atoms with Crippen LogP contribution in [0.25, 0.3) is 10.9 Å². The van der Waals surface area contributed by atoms with Gasteiger partial charge in [0.05, 0.1) is 5.52 Å². The highest BCUT2D eigenvalue weighted by Crippen LogP contribution is 2.27. The topological polar surface area (TPSA) is 19.0 Å². The van der Waals surface area contributed by atoms with E-state index in [1.165, 1.54) is 16.8 Å². The summed E-state index contributed by atoms with van der Waals surface area (Å²) in [5.74, 6) is 0. The van der Waals surface area contributed by atoms with Gasteiger partial charge in [0.2, 0.25) is 0 Å². The predicted octanol–water partition coefficient (Wildman–Crippen LogP) is 3.53. The van der Waals surface area contributed by atoms with Gasteiger partial charge in [-0.2, -0.15) is 0 Å². The van der Waals surface area contributed by atoms with Crippen molar-refractivity contribution in [3.8, 4) is 0 Å². The number of aromatic amines is 1. The molecule has 2 rings (SSSR count). The number of aryl methyl sites for hydroxylation is 1. The lowest BCUT2D eigenvalue weighted by molar-refractivity contribution is 1.07. The van der Waals surface area contributed by atoms with Crippen molar-refractivity contribution in [2.45, 2.75) is 13.3 Å². The number of fused-ring (bicyclic) bond motifs is 1. The van der Waals surface area contributed by atoms with Gasteiger partial charge < -0.3 is 9.88 Å². The molecule has 3 heteroatoms. The standard InChI is InChI=1S/C13H16N2S/c1-4-9-11(15(2)3)6-5-10-12(16)7-8-14-13(9)10/h5-8H,4H2,1-3H3,(H,14,16). The molecule has 2 aromatic rings. The third-order valence-electron chi connectivity index (χ3n) is 2.85. The maximum atomic E-state index is 5.34. The fraction of sp³-hybridized carbons (Fsp3) is 0.308. The third kappa shape index (κ3) is 1.71. The van der Waals surface area contributed by atoms with Crippen molar-refractivity contribution in [1.29, 1.82) is 0 Å². The molecule has 0 amide bonds. The van der Waals surface area contributed by atoms with E-state index in [0.717, 1.165) is 16.3 Å². The molecule has 0 bridgehead atoms. The van der Waals surface area contributed by atoms with Crippen molar-refractivity contribution in [3.05, 3.63) is 34.5 Å². The van der Waals surface area contributed by atoms with E-state index in [-0.39, 0.29) is 0 Å². The Hall–Kier alpha value is -1.35. The minimum Gasteiger partial charge on any atom is -0.377 e. The summed E-state index contributed by atoms with van der Waals surface area (Å²) in [6, 6.07) is 6.18. The molecule has 2 nitrogen and oxygen atoms in total. The van der Waals surface area contributed by atoms with Gasteiger partial charge in [0.25, 0.3) is 0 Å². The Morgan fingerprint density at radius 1 is 1.25 bits per heavy atom. The van der Waals surface area contributed by atoms with Gasteiger partial charge in [-0.05, 0) is 30.2 Å². The average molecular weight is 232 g/mol. The van der Waals surface area contributed by atoms with Crippen molar-refractivity contribution < 1.29 is 0 Å². The first-order valence-corrected chi connectivity index (χ1v) is 5.86. The second-order valence-corrected chi connectivity index (χ2v) is 4.52. The van der Waals surface area contributed by atoms with Gasteiger partial charge in [0, 0.05) is 35.9 Å². The van der Waals surface area contributed by atoms with Crippen LogP contribution in [0.15, 0.2) is 24.4 Å². The third-order valence-corrected chi connectivity index (χ3v) is 3.21. The van der Waals surface area contributed by atoms with Crippen molar-refractivity contribution in [3.63, 3.8) is 0 Å². The molecule has 0 fully saturated rings. The number of anilines is 1. The lowest BCUT2D eigenvalue weighted by Gasteiger charge is -2.18. The second kappa shape index (κ2) is 4.26. The molecule has 0 aliphatic carbocycles. The maximum Gasteiger partial charge on any atom is 0.0521 e. The highest BCUT2D eigenvalue weighted by Gasteiger charge is 2.08. The van der Waals surface area contributed by atoms with Crippen molar-refractivity contribution in [2.75, 3.05) is 19.0 Å². The number of aromatic nitrogens is 1. The SMILES string of the molecule is CCc1c(N(C)C)ccc2c(=S)cc[nH]c12. The minimum absolute atomic E-state index is 0.911. The van der Waals surface area contributed by atoms with Crippen LogP contribution >= 0.6 is 12.2 Å². The number of benzene rings is 1. The summed E-state index contributed by atoms with van der Waals surface area (Å²) in [6.07, 6.45) is 2.92. The van der Waals surface area contributed by atoms with E-state index in [1.807, 2.05) is 12.3 Å². The normalized spacial score (nSPS) is 10.7. The Balaban J connectivity index is 2.86. The minimum atomic E-state index is 0.911. The van der Waals surface area contributed by atoms with Crippen molar-refractivity contribution >= 4 is 28.8 Å². The van der Waals surface area contributed by atoms with E-state index in [4.69, 9.17) is 12.2 Å².